The van der Waals surface area contributed by atoms with E-state index in [-0.39, 0.29) is 0 Å². The van der Waals surface area contributed by atoms with Gasteiger partial charge in [0.2, 0.25) is 0 Å². The van der Waals surface area contributed by atoms with Gasteiger partial charge in [0.25, 0.3) is 0 Å². The normalized spacial score (nSPS) is 11.1. The molecule has 7 heteroatoms. The average Bonchev–Trinajstić information content (AvgIpc) is 3.18. The van der Waals surface area contributed by atoms with Gasteiger partial charge in [0.05, 0.1) is 38.6 Å². The molecule has 0 amide bonds. The van der Waals surface area contributed by atoms with Gasteiger partial charge >= 0.3 is 0 Å². The van der Waals surface area contributed by atoms with E-state index in [1.807, 2.05) is 18.3 Å². The van der Waals surface area contributed by atoms with Crippen molar-refractivity contribution in [3.63, 3.8) is 0 Å². The molecule has 142 valence electrons. The number of hydrogen-bond donors (Lipinski definition) is 2. The van der Waals surface area contributed by atoms with Crippen LogP contribution in [0.2, 0.25) is 0 Å². The summed E-state index contributed by atoms with van der Waals surface area (Å²) in [4.78, 5) is 0. The summed E-state index contributed by atoms with van der Waals surface area (Å²) in [5.41, 5.74) is 16.6. The Morgan fingerprint density at radius 3 is 2.46 bits per heavy atom. The van der Waals surface area contributed by atoms with Gasteiger partial charge in [0, 0.05) is 40.9 Å². The zero-order valence-electron chi connectivity index (χ0n) is 15.7. The highest BCUT2D eigenvalue weighted by molar-refractivity contribution is 5.86. The molecule has 1 heterocycles. The maximum atomic E-state index is 8.90. The van der Waals surface area contributed by atoms with Crippen molar-refractivity contribution in [1.82, 2.24) is 9.78 Å². The fraction of sp³-hybridized carbons (Fsp3) is 0.143. The molecule has 4 N–H and O–H groups in total. The van der Waals surface area contributed by atoms with Crippen LogP contribution in [0.3, 0.4) is 0 Å². The molecular formula is C21H21N5O2. The van der Waals surface area contributed by atoms with E-state index in [4.69, 9.17) is 26.2 Å². The van der Waals surface area contributed by atoms with E-state index in [0.717, 1.165) is 22.3 Å². The summed E-state index contributed by atoms with van der Waals surface area (Å²) in [6.45, 7) is 0.574. The molecule has 7 nitrogen and oxygen atoms in total. The Hall–Kier alpha value is -3.92. The van der Waals surface area contributed by atoms with Crippen molar-refractivity contribution in [3.05, 3.63) is 77.2 Å². The highest BCUT2D eigenvalue weighted by Crippen LogP contribution is 2.37. The second-order valence-electron chi connectivity index (χ2n) is 6.11. The number of hydrogen-bond acceptors (Lipinski definition) is 6. The molecule has 0 bridgehead atoms. The van der Waals surface area contributed by atoms with Gasteiger partial charge in [-0.3, -0.25) is 4.68 Å². The Labute approximate surface area is 163 Å². The first-order chi connectivity index (χ1) is 13.6. The predicted molar refractivity (Wildman–Crippen MR) is 108 cm³/mol. The van der Waals surface area contributed by atoms with Crippen LogP contribution >= 0.6 is 0 Å². The lowest BCUT2D eigenvalue weighted by atomic mass is 9.99. The number of nitrogens with zero attached hydrogens (tertiary/aromatic N) is 3. The van der Waals surface area contributed by atoms with Crippen LogP contribution in [0.4, 0.5) is 5.69 Å². The molecule has 0 aliphatic rings. The Balaban J connectivity index is 1.89. The maximum Gasteiger partial charge on any atom is 0.162 e. The first-order valence-corrected chi connectivity index (χ1v) is 8.55. The molecule has 0 aliphatic carbocycles. The lowest BCUT2D eigenvalue weighted by Crippen LogP contribution is -2.01. The SMILES string of the molecule is COc1cc(N)c(/C(=C\N)c2cnn(Cc3ccc(C#N)cc3)c2)cc1OC. The summed E-state index contributed by atoms with van der Waals surface area (Å²) in [5.74, 6) is 1.12. The highest BCUT2D eigenvalue weighted by atomic mass is 16.5. The zero-order valence-corrected chi connectivity index (χ0v) is 15.7. The molecule has 28 heavy (non-hydrogen) atoms. The van der Waals surface area contributed by atoms with Gasteiger partial charge in [-0.1, -0.05) is 12.1 Å². The maximum absolute atomic E-state index is 8.90. The average molecular weight is 375 g/mol. The van der Waals surface area contributed by atoms with Crippen LogP contribution in [-0.4, -0.2) is 24.0 Å². The number of methoxy groups -OCH3 is 2. The van der Waals surface area contributed by atoms with Crippen LogP contribution in [0, 0.1) is 11.3 Å². The number of nitrogens with two attached hydrogens (primary N) is 2. The third-order valence-electron chi connectivity index (χ3n) is 4.38. The van der Waals surface area contributed by atoms with Crippen molar-refractivity contribution in [1.29, 1.82) is 5.26 Å². The lowest BCUT2D eigenvalue weighted by Gasteiger charge is -2.14. The van der Waals surface area contributed by atoms with Gasteiger partial charge in [0.15, 0.2) is 11.5 Å². The molecule has 0 spiro atoms. The van der Waals surface area contributed by atoms with E-state index in [9.17, 15) is 0 Å². The molecule has 0 saturated heterocycles. The molecular weight excluding hydrogens is 354 g/mol. The topological polar surface area (TPSA) is 112 Å². The van der Waals surface area contributed by atoms with E-state index < -0.39 is 0 Å². The fourth-order valence-corrected chi connectivity index (χ4v) is 2.93. The second-order valence-corrected chi connectivity index (χ2v) is 6.11. The van der Waals surface area contributed by atoms with Crippen LogP contribution in [0.15, 0.2) is 55.0 Å². The Morgan fingerprint density at radius 1 is 1.18 bits per heavy atom. The van der Waals surface area contributed by atoms with Crippen LogP contribution in [0.5, 0.6) is 11.5 Å². The van der Waals surface area contributed by atoms with Crippen molar-refractivity contribution < 1.29 is 9.47 Å². The van der Waals surface area contributed by atoms with E-state index in [0.29, 0.717) is 29.3 Å². The lowest BCUT2D eigenvalue weighted by molar-refractivity contribution is 0.355. The van der Waals surface area contributed by atoms with Crippen molar-refractivity contribution in [3.8, 4) is 17.6 Å². The molecule has 0 atom stereocenters. The number of nitrogen functional groups attached to an aromatic ring is 1. The number of nitriles is 1. The molecule has 0 aliphatic heterocycles. The van der Waals surface area contributed by atoms with Gasteiger partial charge in [-0.15, -0.1) is 0 Å². The van der Waals surface area contributed by atoms with E-state index >= 15 is 0 Å². The number of anilines is 1. The van der Waals surface area contributed by atoms with Crippen LogP contribution in [0.25, 0.3) is 5.57 Å². The number of rotatable bonds is 6. The summed E-state index contributed by atoms with van der Waals surface area (Å²) in [6.07, 6.45) is 5.13. The van der Waals surface area contributed by atoms with Crippen molar-refractivity contribution in [2.75, 3.05) is 20.0 Å². The molecule has 1 aromatic heterocycles. The minimum Gasteiger partial charge on any atom is -0.493 e. The predicted octanol–water partition coefficient (Wildman–Crippen LogP) is 2.75. The second kappa shape index (κ2) is 8.18. The minimum atomic E-state index is 0.522. The van der Waals surface area contributed by atoms with Crippen molar-refractivity contribution >= 4 is 11.3 Å². The Kier molecular flexibility index (Phi) is 5.51. The number of ether oxygens (including phenoxy) is 2. The largest absolute Gasteiger partial charge is 0.493 e. The quantitative estimate of drug-likeness (QED) is 0.641. The molecule has 0 saturated carbocycles. The Morgan fingerprint density at radius 2 is 1.86 bits per heavy atom. The standard InChI is InChI=1S/C21H21N5O2/c1-27-20-7-17(19(24)8-21(20)28-2)18(10-23)16-11-25-26(13-16)12-15-5-3-14(9-22)4-6-15/h3-8,10-11,13H,12,23-24H2,1-2H3/b18-10-. The summed E-state index contributed by atoms with van der Waals surface area (Å²) < 4.78 is 12.5. The van der Waals surface area contributed by atoms with Gasteiger partial charge in [-0.05, 0) is 23.8 Å². The van der Waals surface area contributed by atoms with Gasteiger partial charge < -0.3 is 20.9 Å². The minimum absolute atomic E-state index is 0.522. The summed E-state index contributed by atoms with van der Waals surface area (Å²) in [6, 6.07) is 13.0. The van der Waals surface area contributed by atoms with E-state index in [1.54, 1.807) is 49.4 Å². The van der Waals surface area contributed by atoms with E-state index in [2.05, 4.69) is 11.2 Å². The van der Waals surface area contributed by atoms with E-state index in [1.165, 1.54) is 6.20 Å². The van der Waals surface area contributed by atoms with Crippen molar-refractivity contribution in [2.24, 2.45) is 5.73 Å². The first kappa shape index (κ1) is 18.9. The molecule has 0 radical (unpaired) electrons. The summed E-state index contributed by atoms with van der Waals surface area (Å²) >= 11 is 0. The molecule has 0 fully saturated rings. The number of benzene rings is 2. The third-order valence-corrected chi connectivity index (χ3v) is 4.38. The fourth-order valence-electron chi connectivity index (χ4n) is 2.93. The molecule has 3 aromatic rings. The van der Waals surface area contributed by atoms with Gasteiger partial charge in [0.1, 0.15) is 0 Å². The zero-order chi connectivity index (χ0) is 20.1. The Bertz CT molecular complexity index is 1050. The summed E-state index contributed by atoms with van der Waals surface area (Å²) in [5, 5.41) is 13.3. The van der Waals surface area contributed by atoms with Crippen LogP contribution < -0.4 is 20.9 Å². The first-order valence-electron chi connectivity index (χ1n) is 8.55. The number of aromatic nitrogens is 2. The van der Waals surface area contributed by atoms with Crippen molar-refractivity contribution in [2.45, 2.75) is 6.54 Å². The van der Waals surface area contributed by atoms with Crippen LogP contribution in [0.1, 0.15) is 22.3 Å². The van der Waals surface area contributed by atoms with Crippen LogP contribution in [-0.2, 0) is 6.54 Å². The monoisotopic (exact) mass is 375 g/mol. The highest BCUT2D eigenvalue weighted by Gasteiger charge is 2.15. The molecule has 3 rings (SSSR count). The summed E-state index contributed by atoms with van der Waals surface area (Å²) in [7, 11) is 3.13. The third kappa shape index (κ3) is 3.76. The smallest absolute Gasteiger partial charge is 0.162 e. The van der Waals surface area contributed by atoms with Gasteiger partial charge in [-0.2, -0.15) is 10.4 Å². The molecule has 2 aromatic carbocycles. The van der Waals surface area contributed by atoms with Gasteiger partial charge in [-0.25, -0.2) is 0 Å². The molecule has 0 unspecified atom stereocenters.